The van der Waals surface area contributed by atoms with Crippen molar-refractivity contribution in [3.8, 4) is 0 Å². The number of carbonyl (C=O) groups excluding carboxylic acids is 1. The summed E-state index contributed by atoms with van der Waals surface area (Å²) in [5.41, 5.74) is 0.582. The minimum absolute atomic E-state index is 0. The van der Waals surface area contributed by atoms with Crippen molar-refractivity contribution in [3.05, 3.63) is 29.0 Å². The normalized spacial score (nSPS) is 17.7. The molecule has 1 aromatic heterocycles. The van der Waals surface area contributed by atoms with Crippen LogP contribution >= 0.6 is 35.6 Å². The van der Waals surface area contributed by atoms with Crippen molar-refractivity contribution in [3.63, 3.8) is 0 Å². The van der Waals surface area contributed by atoms with Gasteiger partial charge in [0, 0.05) is 45.5 Å². The zero-order valence-corrected chi connectivity index (χ0v) is 22.0. The van der Waals surface area contributed by atoms with Crippen molar-refractivity contribution < 1.29 is 9.53 Å². The molecule has 174 valence electrons. The van der Waals surface area contributed by atoms with Gasteiger partial charge < -0.3 is 19.9 Å². The average molecular weight is 564 g/mol. The van der Waals surface area contributed by atoms with Crippen LogP contribution in [0.15, 0.2) is 23.3 Å². The van der Waals surface area contributed by atoms with Crippen molar-refractivity contribution in [2.45, 2.75) is 64.6 Å². The Morgan fingerprint density at radius 2 is 1.97 bits per heavy atom. The second-order valence-electron chi connectivity index (χ2n) is 9.18. The molecule has 9 heteroatoms. The molecule has 2 heterocycles. The number of aliphatic imine (C=N–C) groups is 1. The van der Waals surface area contributed by atoms with E-state index < -0.39 is 5.60 Å². The summed E-state index contributed by atoms with van der Waals surface area (Å²) in [5.74, 6) is 1.51. The Bertz CT molecular complexity index is 741. The molecule has 0 radical (unpaired) electrons. The summed E-state index contributed by atoms with van der Waals surface area (Å²) in [5, 5.41) is 3.89. The summed E-state index contributed by atoms with van der Waals surface area (Å²) in [6.07, 6.45) is 5.85. The van der Waals surface area contributed by atoms with E-state index in [-0.39, 0.29) is 36.1 Å². The number of hydrogen-bond donors (Lipinski definition) is 1. The van der Waals surface area contributed by atoms with Crippen LogP contribution in [0.25, 0.3) is 0 Å². The van der Waals surface area contributed by atoms with E-state index in [4.69, 9.17) is 16.3 Å². The lowest BCUT2D eigenvalue weighted by Crippen LogP contribution is -2.52. The highest BCUT2D eigenvalue weighted by Crippen LogP contribution is 2.32. The molecule has 1 amide bonds. The number of hydrogen-bond acceptors (Lipinski definition) is 4. The van der Waals surface area contributed by atoms with Gasteiger partial charge in [0.2, 0.25) is 0 Å². The topological polar surface area (TPSA) is 70.1 Å². The molecular formula is C22H35ClIN5O2. The molecule has 1 N–H and O–H groups in total. The number of nitrogens with zero attached hydrogens (tertiary/aromatic N) is 4. The van der Waals surface area contributed by atoms with Crippen LogP contribution in [0, 0.1) is 5.92 Å². The van der Waals surface area contributed by atoms with E-state index >= 15 is 0 Å². The SMILES string of the molecule is CN=C(NCc1ccc(Cl)nc1)N1CCC(N(CC2CC2)C(=O)OC(C)(C)C)CC1.I. The van der Waals surface area contributed by atoms with Gasteiger partial charge in [0.05, 0.1) is 0 Å². The second kappa shape index (κ2) is 11.5. The predicted molar refractivity (Wildman–Crippen MR) is 135 cm³/mol. The van der Waals surface area contributed by atoms with Gasteiger partial charge in [-0.25, -0.2) is 9.78 Å². The van der Waals surface area contributed by atoms with Crippen molar-refractivity contribution in [1.29, 1.82) is 0 Å². The Morgan fingerprint density at radius 3 is 2.48 bits per heavy atom. The smallest absolute Gasteiger partial charge is 0.410 e. The van der Waals surface area contributed by atoms with Crippen LogP contribution in [0.5, 0.6) is 0 Å². The molecule has 1 aliphatic carbocycles. The first-order valence-electron chi connectivity index (χ1n) is 10.8. The van der Waals surface area contributed by atoms with Crippen LogP contribution in [0.3, 0.4) is 0 Å². The van der Waals surface area contributed by atoms with E-state index in [0.717, 1.165) is 44.0 Å². The fourth-order valence-electron chi connectivity index (χ4n) is 3.69. The van der Waals surface area contributed by atoms with Crippen LogP contribution < -0.4 is 5.32 Å². The summed E-state index contributed by atoms with van der Waals surface area (Å²) >= 11 is 5.86. The average Bonchev–Trinajstić information content (AvgIpc) is 3.51. The zero-order valence-electron chi connectivity index (χ0n) is 18.9. The number of nitrogens with one attached hydrogen (secondary N) is 1. The molecule has 0 unspecified atom stereocenters. The van der Waals surface area contributed by atoms with Crippen LogP contribution in [0.1, 0.15) is 52.0 Å². The van der Waals surface area contributed by atoms with Crippen molar-refractivity contribution >= 4 is 47.6 Å². The first kappa shape index (κ1) is 26.0. The number of carbonyl (C=O) groups is 1. The first-order chi connectivity index (χ1) is 14.2. The molecule has 1 saturated heterocycles. The quantitative estimate of drug-likeness (QED) is 0.247. The van der Waals surface area contributed by atoms with E-state index in [1.807, 2.05) is 31.7 Å². The van der Waals surface area contributed by atoms with Gasteiger partial charge >= 0.3 is 6.09 Å². The zero-order chi connectivity index (χ0) is 21.7. The van der Waals surface area contributed by atoms with Crippen molar-refractivity contribution in [2.75, 3.05) is 26.7 Å². The third kappa shape index (κ3) is 8.29. The molecule has 31 heavy (non-hydrogen) atoms. The lowest BCUT2D eigenvalue weighted by atomic mass is 10.0. The maximum Gasteiger partial charge on any atom is 0.410 e. The molecule has 0 spiro atoms. The summed E-state index contributed by atoms with van der Waals surface area (Å²) in [6.45, 7) is 8.94. The van der Waals surface area contributed by atoms with Crippen molar-refractivity contribution in [2.24, 2.45) is 10.9 Å². The highest BCUT2D eigenvalue weighted by molar-refractivity contribution is 14.0. The van der Waals surface area contributed by atoms with Crippen LogP contribution in [-0.4, -0.2) is 65.2 Å². The number of halogens is 2. The third-order valence-electron chi connectivity index (χ3n) is 5.44. The molecule has 0 atom stereocenters. The molecule has 2 fully saturated rings. The van der Waals surface area contributed by atoms with E-state index in [1.54, 1.807) is 19.3 Å². The van der Waals surface area contributed by atoms with Crippen LogP contribution in [-0.2, 0) is 11.3 Å². The molecule has 1 aliphatic heterocycles. The standard InChI is InChI=1S/C22H34ClN5O2.HI/c1-22(2,3)30-21(29)28(15-16-5-6-16)18-9-11-27(12-10-18)20(24-4)26-14-17-7-8-19(23)25-13-17;/h7-8,13,16,18H,5-6,9-12,14-15H2,1-4H3,(H,24,26);1H. The Hall–Kier alpha value is -1.29. The van der Waals surface area contributed by atoms with Gasteiger partial charge in [0.1, 0.15) is 10.8 Å². The van der Waals surface area contributed by atoms with Gasteiger partial charge in [0.25, 0.3) is 0 Å². The minimum atomic E-state index is -0.470. The van der Waals surface area contributed by atoms with E-state index in [2.05, 4.69) is 20.2 Å². The maximum absolute atomic E-state index is 12.8. The van der Waals surface area contributed by atoms with Crippen LogP contribution in [0.2, 0.25) is 5.15 Å². The predicted octanol–water partition coefficient (Wildman–Crippen LogP) is 4.54. The summed E-state index contributed by atoms with van der Waals surface area (Å²) in [7, 11) is 1.80. The van der Waals surface area contributed by atoms with E-state index in [1.165, 1.54) is 12.8 Å². The summed E-state index contributed by atoms with van der Waals surface area (Å²) < 4.78 is 5.70. The minimum Gasteiger partial charge on any atom is -0.444 e. The highest BCUT2D eigenvalue weighted by atomic mass is 127. The van der Waals surface area contributed by atoms with Crippen molar-refractivity contribution in [1.82, 2.24) is 20.1 Å². The lowest BCUT2D eigenvalue weighted by Gasteiger charge is -2.40. The van der Waals surface area contributed by atoms with Crippen LogP contribution in [0.4, 0.5) is 4.79 Å². The number of piperidine rings is 1. The number of ether oxygens (including phenoxy) is 1. The largest absolute Gasteiger partial charge is 0.444 e. The summed E-state index contributed by atoms with van der Waals surface area (Å²) in [6, 6.07) is 3.96. The number of rotatable bonds is 5. The molecule has 7 nitrogen and oxygen atoms in total. The number of aromatic nitrogens is 1. The Labute approximate surface area is 208 Å². The maximum atomic E-state index is 12.8. The van der Waals surface area contributed by atoms with E-state index in [0.29, 0.717) is 17.6 Å². The van der Waals surface area contributed by atoms with Gasteiger partial charge in [-0.1, -0.05) is 17.7 Å². The molecular weight excluding hydrogens is 529 g/mol. The number of likely N-dealkylation sites (tertiary alicyclic amines) is 1. The molecule has 3 rings (SSSR count). The monoisotopic (exact) mass is 563 g/mol. The molecule has 1 aromatic rings. The fourth-order valence-corrected chi connectivity index (χ4v) is 3.80. The lowest BCUT2D eigenvalue weighted by molar-refractivity contribution is 0.00928. The highest BCUT2D eigenvalue weighted by Gasteiger charge is 2.35. The third-order valence-corrected chi connectivity index (χ3v) is 5.66. The first-order valence-corrected chi connectivity index (χ1v) is 11.2. The fraction of sp³-hybridized carbons (Fsp3) is 0.682. The van der Waals surface area contributed by atoms with Gasteiger partial charge in [-0.05, 0) is 64.0 Å². The van der Waals surface area contributed by atoms with E-state index in [9.17, 15) is 4.79 Å². The number of pyridine rings is 1. The Morgan fingerprint density at radius 1 is 1.29 bits per heavy atom. The Balaban J connectivity index is 0.00000341. The molecule has 0 aromatic carbocycles. The molecule has 2 aliphatic rings. The van der Waals surface area contributed by atoms with Gasteiger partial charge in [0.15, 0.2) is 5.96 Å². The van der Waals surface area contributed by atoms with Gasteiger partial charge in [-0.3, -0.25) is 4.99 Å². The second-order valence-corrected chi connectivity index (χ2v) is 9.57. The number of guanidine groups is 1. The number of amides is 1. The van der Waals surface area contributed by atoms with Gasteiger partial charge in [-0.15, -0.1) is 24.0 Å². The molecule has 0 bridgehead atoms. The summed E-state index contributed by atoms with van der Waals surface area (Å²) in [4.78, 5) is 25.6. The Kier molecular flexibility index (Phi) is 9.66. The van der Waals surface area contributed by atoms with Gasteiger partial charge in [-0.2, -0.15) is 0 Å². The molecule has 1 saturated carbocycles.